The van der Waals surface area contributed by atoms with E-state index in [0.29, 0.717) is 6.42 Å². The zero-order valence-corrected chi connectivity index (χ0v) is 15.8. The Hall–Kier alpha value is -2.85. The third-order valence-electron chi connectivity index (χ3n) is 4.97. The van der Waals surface area contributed by atoms with Crippen molar-refractivity contribution in [3.63, 3.8) is 0 Å². The predicted molar refractivity (Wildman–Crippen MR) is 109 cm³/mol. The molecule has 0 N–H and O–H groups in total. The molecule has 0 heterocycles. The molecule has 0 spiro atoms. The third-order valence-corrected chi connectivity index (χ3v) is 4.97. The summed E-state index contributed by atoms with van der Waals surface area (Å²) in [5, 5.41) is 9.06. The minimum atomic E-state index is 0.553. The quantitative estimate of drug-likeness (QED) is 0.533. The van der Waals surface area contributed by atoms with Gasteiger partial charge in [0.15, 0.2) is 0 Å². The van der Waals surface area contributed by atoms with Crippen LogP contribution in [0.15, 0.2) is 60.7 Å². The Labute approximate surface area is 156 Å². The van der Waals surface area contributed by atoms with Gasteiger partial charge in [0.1, 0.15) is 0 Å². The molecular weight excluding hydrogens is 314 g/mol. The van der Waals surface area contributed by atoms with Gasteiger partial charge in [0.2, 0.25) is 0 Å². The molecule has 0 aliphatic carbocycles. The van der Waals surface area contributed by atoms with Gasteiger partial charge in [0.05, 0.1) is 6.07 Å². The van der Waals surface area contributed by atoms with E-state index in [1.165, 1.54) is 44.5 Å². The summed E-state index contributed by atoms with van der Waals surface area (Å²) < 4.78 is 0. The van der Waals surface area contributed by atoms with Gasteiger partial charge in [-0.3, -0.25) is 0 Å². The first-order valence-corrected chi connectivity index (χ1v) is 9.19. The molecule has 0 saturated heterocycles. The number of nitriles is 1. The van der Waals surface area contributed by atoms with E-state index in [2.05, 4.69) is 87.5 Å². The van der Waals surface area contributed by atoms with Crippen LogP contribution in [-0.2, 0) is 12.8 Å². The minimum Gasteiger partial charge on any atom is -0.198 e. The van der Waals surface area contributed by atoms with Crippen LogP contribution in [0.4, 0.5) is 0 Å². The highest BCUT2D eigenvalue weighted by molar-refractivity contribution is 5.73. The second kappa shape index (κ2) is 8.02. The van der Waals surface area contributed by atoms with Gasteiger partial charge in [-0.2, -0.15) is 5.26 Å². The van der Waals surface area contributed by atoms with Gasteiger partial charge in [-0.1, -0.05) is 71.8 Å². The molecule has 0 radical (unpaired) electrons. The fraction of sp³-hybridized carbons (Fsp3) is 0.240. The lowest BCUT2D eigenvalue weighted by atomic mass is 9.86. The van der Waals surface area contributed by atoms with Crippen molar-refractivity contribution in [2.24, 2.45) is 0 Å². The maximum Gasteiger partial charge on any atom is 0.0625 e. The smallest absolute Gasteiger partial charge is 0.0625 e. The van der Waals surface area contributed by atoms with E-state index in [4.69, 9.17) is 5.26 Å². The number of hydrogen-bond acceptors (Lipinski definition) is 1. The lowest BCUT2D eigenvalue weighted by Gasteiger charge is -2.18. The molecule has 0 unspecified atom stereocenters. The molecule has 0 saturated carbocycles. The molecule has 1 heteroatoms. The summed E-state index contributed by atoms with van der Waals surface area (Å²) in [6.07, 6.45) is 2.25. The predicted octanol–water partition coefficient (Wildman–Crippen LogP) is 6.33. The summed E-state index contributed by atoms with van der Waals surface area (Å²) in [5.74, 6) is 0. The largest absolute Gasteiger partial charge is 0.198 e. The molecular formula is C25H25N. The second-order valence-corrected chi connectivity index (χ2v) is 7.08. The maximum absolute atomic E-state index is 9.06. The zero-order valence-electron chi connectivity index (χ0n) is 15.8. The lowest BCUT2D eigenvalue weighted by Crippen LogP contribution is -2.02. The number of aryl methyl sites for hydroxylation is 4. The number of hydrogen-bond donors (Lipinski definition) is 0. The summed E-state index contributed by atoms with van der Waals surface area (Å²) in [4.78, 5) is 0. The van der Waals surface area contributed by atoms with Gasteiger partial charge >= 0.3 is 0 Å². The zero-order chi connectivity index (χ0) is 18.5. The number of nitrogens with zero attached hydrogens (tertiary/aromatic N) is 1. The standard InChI is InChI=1S/C25H25N/c1-18-6-11-21(12-7-18)17-24-22(5-4-16-26)15-10-20(3)25(24)23-13-8-19(2)9-14-23/h6-15H,4-5,17H2,1-3H3. The van der Waals surface area contributed by atoms with Gasteiger partial charge in [-0.05, 0) is 67.0 Å². The van der Waals surface area contributed by atoms with Gasteiger partial charge in [0.25, 0.3) is 0 Å². The highest BCUT2D eigenvalue weighted by Gasteiger charge is 2.14. The molecule has 0 fully saturated rings. The van der Waals surface area contributed by atoms with E-state index in [1.807, 2.05) is 0 Å². The van der Waals surface area contributed by atoms with E-state index >= 15 is 0 Å². The molecule has 1 nitrogen and oxygen atoms in total. The lowest BCUT2D eigenvalue weighted by molar-refractivity contribution is 0.977. The van der Waals surface area contributed by atoms with Crippen molar-refractivity contribution >= 4 is 0 Å². The topological polar surface area (TPSA) is 23.8 Å². The van der Waals surface area contributed by atoms with Crippen molar-refractivity contribution < 1.29 is 0 Å². The maximum atomic E-state index is 9.06. The van der Waals surface area contributed by atoms with Crippen LogP contribution >= 0.6 is 0 Å². The molecule has 0 aliphatic heterocycles. The molecule has 130 valence electrons. The van der Waals surface area contributed by atoms with Crippen molar-refractivity contribution in [3.8, 4) is 17.2 Å². The Kier molecular flexibility index (Phi) is 5.54. The summed E-state index contributed by atoms with van der Waals surface area (Å²) in [6, 6.07) is 24.2. The molecule has 0 atom stereocenters. The Morgan fingerprint density at radius 2 is 1.38 bits per heavy atom. The molecule has 0 aliphatic rings. The monoisotopic (exact) mass is 339 g/mol. The fourth-order valence-electron chi connectivity index (χ4n) is 3.47. The van der Waals surface area contributed by atoms with Crippen LogP contribution in [0.5, 0.6) is 0 Å². The molecule has 0 bridgehead atoms. The van der Waals surface area contributed by atoms with Crippen molar-refractivity contribution in [2.45, 2.75) is 40.0 Å². The van der Waals surface area contributed by atoms with E-state index < -0.39 is 0 Å². The van der Waals surface area contributed by atoms with Gasteiger partial charge in [-0.15, -0.1) is 0 Å². The molecule has 3 aromatic rings. The van der Waals surface area contributed by atoms with Crippen LogP contribution in [-0.4, -0.2) is 0 Å². The van der Waals surface area contributed by atoms with Crippen LogP contribution in [0.25, 0.3) is 11.1 Å². The van der Waals surface area contributed by atoms with E-state index in [1.54, 1.807) is 0 Å². The minimum absolute atomic E-state index is 0.553. The van der Waals surface area contributed by atoms with Crippen molar-refractivity contribution in [3.05, 3.63) is 94.0 Å². The van der Waals surface area contributed by atoms with Crippen molar-refractivity contribution in [1.29, 1.82) is 5.26 Å². The number of rotatable bonds is 5. The molecule has 26 heavy (non-hydrogen) atoms. The first-order chi connectivity index (χ1) is 12.6. The Morgan fingerprint density at radius 1 is 0.769 bits per heavy atom. The van der Waals surface area contributed by atoms with Crippen LogP contribution in [0.2, 0.25) is 0 Å². The number of benzene rings is 3. The fourth-order valence-corrected chi connectivity index (χ4v) is 3.47. The Morgan fingerprint density at radius 3 is 2.00 bits per heavy atom. The molecule has 0 amide bonds. The first-order valence-electron chi connectivity index (χ1n) is 9.19. The second-order valence-electron chi connectivity index (χ2n) is 7.08. The average molecular weight is 339 g/mol. The normalized spacial score (nSPS) is 10.5. The van der Waals surface area contributed by atoms with Crippen LogP contribution in [0.1, 0.15) is 39.8 Å². The first kappa shape index (κ1) is 18.0. The van der Waals surface area contributed by atoms with E-state index in [9.17, 15) is 0 Å². The van der Waals surface area contributed by atoms with Crippen molar-refractivity contribution in [2.75, 3.05) is 0 Å². The van der Waals surface area contributed by atoms with Crippen LogP contribution in [0.3, 0.4) is 0 Å². The highest BCUT2D eigenvalue weighted by Crippen LogP contribution is 2.32. The molecule has 3 aromatic carbocycles. The third kappa shape index (κ3) is 4.03. The van der Waals surface area contributed by atoms with Gasteiger partial charge in [0, 0.05) is 6.42 Å². The molecule has 3 rings (SSSR count). The van der Waals surface area contributed by atoms with Gasteiger partial charge < -0.3 is 0 Å². The summed E-state index contributed by atoms with van der Waals surface area (Å²) in [7, 11) is 0. The molecule has 0 aromatic heterocycles. The summed E-state index contributed by atoms with van der Waals surface area (Å²) in [5.41, 5.74) is 10.4. The van der Waals surface area contributed by atoms with Crippen LogP contribution < -0.4 is 0 Å². The van der Waals surface area contributed by atoms with Crippen LogP contribution in [0, 0.1) is 32.1 Å². The van der Waals surface area contributed by atoms with Crippen molar-refractivity contribution in [1.82, 2.24) is 0 Å². The Balaban J connectivity index is 2.13. The summed E-state index contributed by atoms with van der Waals surface area (Å²) in [6.45, 7) is 6.42. The SMILES string of the molecule is Cc1ccc(Cc2c(CCC#N)ccc(C)c2-c2ccc(C)cc2)cc1. The Bertz CT molecular complexity index is 926. The van der Waals surface area contributed by atoms with E-state index in [0.717, 1.165) is 12.8 Å². The summed E-state index contributed by atoms with van der Waals surface area (Å²) >= 11 is 0. The van der Waals surface area contributed by atoms with Gasteiger partial charge in [-0.25, -0.2) is 0 Å². The average Bonchev–Trinajstić information content (AvgIpc) is 2.64. The highest BCUT2D eigenvalue weighted by atomic mass is 14.2. The van der Waals surface area contributed by atoms with E-state index in [-0.39, 0.29) is 0 Å².